The summed E-state index contributed by atoms with van der Waals surface area (Å²) in [5, 5.41) is 7.82. The van der Waals surface area contributed by atoms with Crippen LogP contribution in [0.1, 0.15) is 28.6 Å². The number of nitrogens with zero attached hydrogens (tertiary/aromatic N) is 1. The first-order valence-electron chi connectivity index (χ1n) is 9.38. The topological polar surface area (TPSA) is 132 Å². The number of sulfonamides is 1. The highest BCUT2D eigenvalue weighted by Crippen LogP contribution is 2.35. The van der Waals surface area contributed by atoms with Crippen molar-refractivity contribution in [3.05, 3.63) is 71.7 Å². The van der Waals surface area contributed by atoms with Gasteiger partial charge in [0.2, 0.25) is 10.0 Å². The van der Waals surface area contributed by atoms with Gasteiger partial charge in [0.1, 0.15) is 0 Å². The molecule has 4 rings (SSSR count). The van der Waals surface area contributed by atoms with Crippen LogP contribution in [-0.2, 0) is 23.0 Å². The van der Waals surface area contributed by atoms with E-state index < -0.39 is 15.9 Å². The van der Waals surface area contributed by atoms with Crippen LogP contribution in [0.3, 0.4) is 0 Å². The van der Waals surface area contributed by atoms with Crippen molar-refractivity contribution in [2.45, 2.75) is 30.8 Å². The Morgan fingerprint density at radius 2 is 1.93 bits per heavy atom. The molecular weight excluding hydrogens is 404 g/mol. The van der Waals surface area contributed by atoms with Crippen molar-refractivity contribution >= 4 is 33.0 Å². The van der Waals surface area contributed by atoms with Crippen molar-refractivity contribution in [3.63, 3.8) is 0 Å². The Morgan fingerprint density at radius 1 is 1.20 bits per heavy atom. The van der Waals surface area contributed by atoms with Gasteiger partial charge in [-0.2, -0.15) is 0 Å². The molecule has 1 amide bonds. The second-order valence-corrected chi connectivity index (χ2v) is 8.93. The summed E-state index contributed by atoms with van der Waals surface area (Å²) in [4.78, 5) is 14.9. The van der Waals surface area contributed by atoms with Gasteiger partial charge in [0, 0.05) is 35.2 Å². The summed E-state index contributed by atoms with van der Waals surface area (Å²) in [6.07, 6.45) is 2.37. The van der Waals surface area contributed by atoms with Gasteiger partial charge < -0.3 is 20.4 Å². The Bertz CT molecular complexity index is 1200. The van der Waals surface area contributed by atoms with E-state index in [1.54, 1.807) is 6.07 Å². The summed E-state index contributed by atoms with van der Waals surface area (Å²) in [5.74, 6) is -0.204. The minimum absolute atomic E-state index is 0.0264. The lowest BCUT2D eigenvalue weighted by molar-refractivity contribution is 0.0995. The number of nitrogens with two attached hydrogens (primary N) is 2. The molecule has 0 saturated carbocycles. The number of amides is 1. The number of anilines is 3. The molecule has 3 aromatic rings. The summed E-state index contributed by atoms with van der Waals surface area (Å²) in [5.41, 5.74) is 10.1. The van der Waals surface area contributed by atoms with Crippen LogP contribution in [0.5, 0.6) is 0 Å². The molecular formula is C21H22N4O4S. The molecule has 1 unspecified atom stereocenters. The Labute approximate surface area is 174 Å². The number of fused-ring (bicyclic) bond motifs is 1. The average molecular weight is 426 g/mol. The van der Waals surface area contributed by atoms with Crippen molar-refractivity contribution in [3.8, 4) is 0 Å². The molecule has 8 nitrogen and oxygen atoms in total. The minimum atomic E-state index is -3.79. The summed E-state index contributed by atoms with van der Waals surface area (Å²) in [7, 11) is -3.79. The highest BCUT2D eigenvalue weighted by atomic mass is 32.2. The van der Waals surface area contributed by atoms with E-state index in [0.29, 0.717) is 12.2 Å². The van der Waals surface area contributed by atoms with E-state index in [-0.39, 0.29) is 16.7 Å². The first-order chi connectivity index (χ1) is 14.2. The molecule has 0 spiro atoms. The van der Waals surface area contributed by atoms with Crippen LogP contribution in [0.15, 0.2) is 64.1 Å². The lowest BCUT2D eigenvalue weighted by atomic mass is 10.1. The van der Waals surface area contributed by atoms with Crippen LogP contribution < -0.4 is 21.1 Å². The maximum atomic E-state index is 12.7. The fourth-order valence-electron chi connectivity index (χ4n) is 3.71. The highest BCUT2D eigenvalue weighted by Gasteiger charge is 2.28. The predicted octanol–water partition coefficient (Wildman–Crippen LogP) is 2.71. The number of rotatable bonds is 5. The Balaban J connectivity index is 1.52. The van der Waals surface area contributed by atoms with Gasteiger partial charge in [-0.05, 0) is 67.4 Å². The monoisotopic (exact) mass is 426 g/mol. The molecule has 0 aliphatic carbocycles. The van der Waals surface area contributed by atoms with Crippen LogP contribution in [0.4, 0.5) is 17.1 Å². The maximum Gasteiger partial charge on any atom is 0.291 e. The number of benzene rings is 2. The number of hydrogen-bond acceptors (Lipinski definition) is 6. The van der Waals surface area contributed by atoms with E-state index in [0.717, 1.165) is 23.4 Å². The summed E-state index contributed by atoms with van der Waals surface area (Å²) in [6.45, 7) is 2.64. The zero-order valence-corrected chi connectivity index (χ0v) is 17.1. The SMILES string of the molecule is CC1Cc2cc(N)ccc2N1Cc1ccoc1C(=O)Nc1ccc(S(N)(=O)=O)cc1. The zero-order valence-electron chi connectivity index (χ0n) is 16.3. The summed E-state index contributed by atoms with van der Waals surface area (Å²) in [6, 6.07) is 13.5. The average Bonchev–Trinajstić information content (AvgIpc) is 3.26. The molecule has 0 fully saturated rings. The molecule has 156 valence electrons. The number of furan rings is 1. The third-order valence-corrected chi connectivity index (χ3v) is 6.12. The van der Waals surface area contributed by atoms with Crippen LogP contribution in [0.2, 0.25) is 0 Å². The second-order valence-electron chi connectivity index (χ2n) is 7.37. The number of hydrogen-bond donors (Lipinski definition) is 3. The number of primary sulfonamides is 1. The number of carbonyl (C=O) groups is 1. The smallest absolute Gasteiger partial charge is 0.291 e. The maximum absolute atomic E-state index is 12.7. The van der Waals surface area contributed by atoms with Gasteiger partial charge in [0.25, 0.3) is 5.91 Å². The highest BCUT2D eigenvalue weighted by molar-refractivity contribution is 7.89. The molecule has 2 heterocycles. The number of nitrogens with one attached hydrogen (secondary N) is 1. The lowest BCUT2D eigenvalue weighted by Crippen LogP contribution is -2.29. The van der Waals surface area contributed by atoms with Crippen LogP contribution >= 0.6 is 0 Å². The van der Waals surface area contributed by atoms with Gasteiger partial charge in [-0.3, -0.25) is 4.79 Å². The van der Waals surface area contributed by atoms with E-state index in [4.69, 9.17) is 15.3 Å². The minimum Gasteiger partial charge on any atom is -0.459 e. The van der Waals surface area contributed by atoms with Crippen molar-refractivity contribution in [2.75, 3.05) is 16.0 Å². The third-order valence-electron chi connectivity index (χ3n) is 5.19. The molecule has 1 aliphatic heterocycles. The van der Waals surface area contributed by atoms with E-state index in [1.807, 2.05) is 18.2 Å². The van der Waals surface area contributed by atoms with Crippen molar-refractivity contribution in [1.82, 2.24) is 0 Å². The second kappa shape index (κ2) is 7.51. The van der Waals surface area contributed by atoms with E-state index in [9.17, 15) is 13.2 Å². The standard InChI is InChI=1S/C21H22N4O4S/c1-13-10-15-11-16(22)2-7-19(15)25(13)12-14-8-9-29-20(14)21(26)24-17-3-5-18(6-4-17)30(23,27)28/h2-9,11,13H,10,12,22H2,1H3,(H,24,26)(H2,23,27,28). The Morgan fingerprint density at radius 3 is 2.63 bits per heavy atom. The van der Waals surface area contributed by atoms with Gasteiger partial charge in [0.05, 0.1) is 11.2 Å². The van der Waals surface area contributed by atoms with Gasteiger partial charge in [0.15, 0.2) is 5.76 Å². The van der Waals surface area contributed by atoms with Gasteiger partial charge in [-0.25, -0.2) is 13.6 Å². The van der Waals surface area contributed by atoms with E-state index >= 15 is 0 Å². The van der Waals surface area contributed by atoms with Crippen molar-refractivity contribution < 1.29 is 17.6 Å². The molecule has 5 N–H and O–H groups in total. The Kier molecular flexibility index (Phi) is 5.00. The first-order valence-corrected chi connectivity index (χ1v) is 10.9. The first kappa shape index (κ1) is 20.0. The fraction of sp³-hybridized carbons (Fsp3) is 0.190. The molecule has 30 heavy (non-hydrogen) atoms. The van der Waals surface area contributed by atoms with Crippen LogP contribution in [0.25, 0.3) is 0 Å². The predicted molar refractivity (Wildman–Crippen MR) is 115 cm³/mol. The normalized spacial score (nSPS) is 15.8. The number of nitrogen functional groups attached to an aromatic ring is 1. The van der Waals surface area contributed by atoms with E-state index in [1.165, 1.54) is 36.1 Å². The van der Waals surface area contributed by atoms with E-state index in [2.05, 4.69) is 17.1 Å². The zero-order chi connectivity index (χ0) is 21.5. The molecule has 0 saturated heterocycles. The van der Waals surface area contributed by atoms with Gasteiger partial charge in [-0.1, -0.05) is 0 Å². The van der Waals surface area contributed by atoms with Crippen molar-refractivity contribution in [2.24, 2.45) is 5.14 Å². The quantitative estimate of drug-likeness (QED) is 0.538. The van der Waals surface area contributed by atoms with Crippen molar-refractivity contribution in [1.29, 1.82) is 0 Å². The molecule has 1 aromatic heterocycles. The molecule has 1 aliphatic rings. The summed E-state index contributed by atoms with van der Waals surface area (Å²) < 4.78 is 28.2. The molecule has 0 radical (unpaired) electrons. The largest absolute Gasteiger partial charge is 0.459 e. The Hall–Kier alpha value is -3.30. The molecule has 9 heteroatoms. The van der Waals surface area contributed by atoms with Gasteiger partial charge >= 0.3 is 0 Å². The van der Waals surface area contributed by atoms with Gasteiger partial charge in [-0.15, -0.1) is 0 Å². The fourth-order valence-corrected chi connectivity index (χ4v) is 4.23. The van der Waals surface area contributed by atoms with Crippen LogP contribution in [-0.4, -0.2) is 20.4 Å². The molecule has 2 aromatic carbocycles. The number of carbonyl (C=O) groups excluding carboxylic acids is 1. The molecule has 1 atom stereocenters. The molecule has 0 bridgehead atoms. The summed E-state index contributed by atoms with van der Waals surface area (Å²) >= 11 is 0. The third kappa shape index (κ3) is 3.89. The van der Waals surface area contributed by atoms with Crippen LogP contribution in [0, 0.1) is 0 Å². The lowest BCUT2D eigenvalue weighted by Gasteiger charge is -2.24.